The minimum absolute atomic E-state index is 0.0561. The average Bonchev–Trinajstić information content (AvgIpc) is 2.54. The van der Waals surface area contributed by atoms with E-state index in [1.54, 1.807) is 11.0 Å². The summed E-state index contributed by atoms with van der Waals surface area (Å²) in [6, 6.07) is 5.44. The third kappa shape index (κ3) is 3.96. The van der Waals surface area contributed by atoms with Gasteiger partial charge in [0.2, 0.25) is 5.91 Å². The van der Waals surface area contributed by atoms with Crippen molar-refractivity contribution in [2.45, 2.75) is 33.2 Å². The van der Waals surface area contributed by atoms with Crippen LogP contribution in [0.3, 0.4) is 0 Å². The molecule has 0 atom stereocenters. The van der Waals surface area contributed by atoms with Gasteiger partial charge in [-0.25, -0.2) is 4.98 Å². The number of unbranched alkanes of at least 4 members (excludes halogenated alkanes) is 1. The lowest BCUT2D eigenvalue weighted by Crippen LogP contribution is -2.38. The van der Waals surface area contributed by atoms with Crippen LogP contribution in [0, 0.1) is 6.92 Å². The number of para-hydroxylation sites is 1. The molecule has 0 aliphatic carbocycles. The molecule has 1 heterocycles. The summed E-state index contributed by atoms with van der Waals surface area (Å²) in [5, 5.41) is 9.62. The van der Waals surface area contributed by atoms with Crippen molar-refractivity contribution >= 4 is 16.8 Å². The number of aliphatic hydroxyl groups is 1. The Morgan fingerprint density at radius 2 is 2.13 bits per heavy atom. The molecule has 1 aromatic heterocycles. The first-order valence-corrected chi connectivity index (χ1v) is 7.92. The van der Waals surface area contributed by atoms with Crippen LogP contribution in [0.2, 0.25) is 0 Å². The highest BCUT2D eigenvalue weighted by Crippen LogP contribution is 2.11. The summed E-state index contributed by atoms with van der Waals surface area (Å²) in [5.41, 5.74) is 1.38. The Hall–Kier alpha value is -2.21. The number of benzene rings is 1. The number of fused-ring (bicyclic) bond motifs is 1. The summed E-state index contributed by atoms with van der Waals surface area (Å²) >= 11 is 0. The Bertz CT molecular complexity index is 739. The molecule has 0 fully saturated rings. The summed E-state index contributed by atoms with van der Waals surface area (Å²) < 4.78 is 1.33. The van der Waals surface area contributed by atoms with Crippen molar-refractivity contribution in [1.29, 1.82) is 0 Å². The predicted molar refractivity (Wildman–Crippen MR) is 89.3 cm³/mol. The van der Waals surface area contributed by atoms with Crippen LogP contribution in [-0.2, 0) is 11.3 Å². The van der Waals surface area contributed by atoms with Gasteiger partial charge in [0, 0.05) is 13.1 Å². The zero-order chi connectivity index (χ0) is 16.8. The van der Waals surface area contributed by atoms with E-state index in [9.17, 15) is 9.59 Å². The standard InChI is InChI=1S/C17H23N3O3/c1-3-4-8-19(9-10-21)15(22)11-20-12-18-16-13(2)6-5-7-14(16)17(20)23/h5-7,12,21H,3-4,8-11H2,1-2H3. The Kier molecular flexibility index (Phi) is 5.87. The van der Waals surface area contributed by atoms with E-state index in [0.717, 1.165) is 18.4 Å². The van der Waals surface area contributed by atoms with Crippen LogP contribution in [0.4, 0.5) is 0 Å². The molecule has 0 aliphatic rings. The second-order valence-electron chi connectivity index (χ2n) is 5.61. The molecular weight excluding hydrogens is 294 g/mol. The van der Waals surface area contributed by atoms with E-state index in [0.29, 0.717) is 17.4 Å². The molecule has 0 saturated heterocycles. The predicted octanol–water partition coefficient (Wildman–Crippen LogP) is 1.33. The molecule has 0 radical (unpaired) electrons. The van der Waals surface area contributed by atoms with Gasteiger partial charge in [0.1, 0.15) is 6.54 Å². The third-order valence-corrected chi connectivity index (χ3v) is 3.87. The van der Waals surface area contributed by atoms with Crippen LogP contribution in [0.5, 0.6) is 0 Å². The number of aryl methyl sites for hydroxylation is 1. The van der Waals surface area contributed by atoms with Crippen molar-refractivity contribution < 1.29 is 9.90 Å². The van der Waals surface area contributed by atoms with Gasteiger partial charge in [-0.15, -0.1) is 0 Å². The van der Waals surface area contributed by atoms with Gasteiger partial charge in [0.25, 0.3) is 5.56 Å². The molecule has 124 valence electrons. The van der Waals surface area contributed by atoms with Crippen LogP contribution in [-0.4, -0.2) is 45.2 Å². The first-order valence-electron chi connectivity index (χ1n) is 7.92. The molecule has 0 saturated carbocycles. The smallest absolute Gasteiger partial charge is 0.261 e. The minimum atomic E-state index is -0.216. The zero-order valence-corrected chi connectivity index (χ0v) is 13.7. The molecule has 2 aromatic rings. The molecule has 6 heteroatoms. The molecule has 1 aromatic carbocycles. The van der Waals surface area contributed by atoms with Gasteiger partial charge in [0.05, 0.1) is 23.8 Å². The lowest BCUT2D eigenvalue weighted by Gasteiger charge is -2.22. The highest BCUT2D eigenvalue weighted by atomic mass is 16.3. The molecule has 0 spiro atoms. The molecule has 1 amide bonds. The number of nitrogens with zero attached hydrogens (tertiary/aromatic N) is 3. The van der Waals surface area contributed by atoms with E-state index in [2.05, 4.69) is 4.98 Å². The number of carbonyl (C=O) groups excluding carboxylic acids is 1. The molecule has 0 unspecified atom stereocenters. The van der Waals surface area contributed by atoms with E-state index >= 15 is 0 Å². The molecule has 1 N–H and O–H groups in total. The number of aliphatic hydroxyl groups excluding tert-OH is 1. The fourth-order valence-corrected chi connectivity index (χ4v) is 2.53. The number of hydrogen-bond donors (Lipinski definition) is 1. The number of aromatic nitrogens is 2. The summed E-state index contributed by atoms with van der Waals surface area (Å²) in [6.45, 7) is 4.68. The van der Waals surface area contributed by atoms with Crippen molar-refractivity contribution in [1.82, 2.24) is 14.5 Å². The molecular formula is C17H23N3O3. The zero-order valence-electron chi connectivity index (χ0n) is 13.7. The quantitative estimate of drug-likeness (QED) is 0.836. The van der Waals surface area contributed by atoms with E-state index in [1.165, 1.54) is 10.9 Å². The Labute approximate surface area is 135 Å². The molecule has 0 bridgehead atoms. The van der Waals surface area contributed by atoms with E-state index in [-0.39, 0.29) is 31.2 Å². The lowest BCUT2D eigenvalue weighted by atomic mass is 10.1. The van der Waals surface area contributed by atoms with Crippen molar-refractivity contribution in [3.05, 3.63) is 40.4 Å². The number of rotatable bonds is 7. The van der Waals surface area contributed by atoms with Gasteiger partial charge in [-0.1, -0.05) is 25.5 Å². The number of hydrogen-bond acceptors (Lipinski definition) is 4. The van der Waals surface area contributed by atoms with E-state index in [1.807, 2.05) is 26.0 Å². The second kappa shape index (κ2) is 7.87. The second-order valence-corrected chi connectivity index (χ2v) is 5.61. The van der Waals surface area contributed by atoms with Gasteiger partial charge in [-0.3, -0.25) is 14.2 Å². The number of amides is 1. The Balaban J connectivity index is 2.25. The summed E-state index contributed by atoms with van der Waals surface area (Å²) in [5.74, 6) is -0.177. The molecule has 23 heavy (non-hydrogen) atoms. The Morgan fingerprint density at radius 1 is 1.35 bits per heavy atom. The van der Waals surface area contributed by atoms with Crippen LogP contribution in [0.15, 0.2) is 29.3 Å². The SMILES string of the molecule is CCCCN(CCO)C(=O)Cn1cnc2c(C)cccc2c1=O. The first-order chi connectivity index (χ1) is 11.1. The maximum absolute atomic E-state index is 12.5. The summed E-state index contributed by atoms with van der Waals surface area (Å²) in [7, 11) is 0. The lowest BCUT2D eigenvalue weighted by molar-refractivity contribution is -0.132. The maximum atomic E-state index is 12.5. The fraction of sp³-hybridized carbons (Fsp3) is 0.471. The normalized spacial score (nSPS) is 10.9. The first kappa shape index (κ1) is 17.1. The van der Waals surface area contributed by atoms with E-state index in [4.69, 9.17) is 5.11 Å². The van der Waals surface area contributed by atoms with Gasteiger partial charge in [-0.2, -0.15) is 0 Å². The van der Waals surface area contributed by atoms with Gasteiger partial charge < -0.3 is 10.0 Å². The molecule has 2 rings (SSSR count). The fourth-order valence-electron chi connectivity index (χ4n) is 2.53. The third-order valence-electron chi connectivity index (χ3n) is 3.87. The largest absolute Gasteiger partial charge is 0.395 e. The minimum Gasteiger partial charge on any atom is -0.395 e. The average molecular weight is 317 g/mol. The highest BCUT2D eigenvalue weighted by molar-refractivity contribution is 5.81. The molecule has 0 aliphatic heterocycles. The van der Waals surface area contributed by atoms with Crippen molar-refractivity contribution in [2.75, 3.05) is 19.7 Å². The van der Waals surface area contributed by atoms with Gasteiger partial charge in [-0.05, 0) is 25.0 Å². The van der Waals surface area contributed by atoms with Gasteiger partial charge in [0.15, 0.2) is 0 Å². The highest BCUT2D eigenvalue weighted by Gasteiger charge is 2.15. The van der Waals surface area contributed by atoms with Crippen molar-refractivity contribution in [2.24, 2.45) is 0 Å². The van der Waals surface area contributed by atoms with Crippen LogP contribution in [0.25, 0.3) is 10.9 Å². The van der Waals surface area contributed by atoms with Crippen molar-refractivity contribution in [3.8, 4) is 0 Å². The maximum Gasteiger partial charge on any atom is 0.261 e. The number of carbonyl (C=O) groups is 1. The Morgan fingerprint density at radius 3 is 2.83 bits per heavy atom. The van der Waals surface area contributed by atoms with Gasteiger partial charge >= 0.3 is 0 Å². The summed E-state index contributed by atoms with van der Waals surface area (Å²) in [6.07, 6.45) is 3.26. The van der Waals surface area contributed by atoms with Crippen LogP contribution >= 0.6 is 0 Å². The summed E-state index contributed by atoms with van der Waals surface area (Å²) in [4.78, 5) is 30.8. The monoisotopic (exact) mass is 317 g/mol. The van der Waals surface area contributed by atoms with Crippen LogP contribution < -0.4 is 5.56 Å². The topological polar surface area (TPSA) is 75.4 Å². The van der Waals surface area contributed by atoms with Crippen molar-refractivity contribution in [3.63, 3.8) is 0 Å². The van der Waals surface area contributed by atoms with E-state index < -0.39 is 0 Å². The van der Waals surface area contributed by atoms with Crippen LogP contribution in [0.1, 0.15) is 25.3 Å². The molecule has 6 nitrogen and oxygen atoms in total.